The van der Waals surface area contributed by atoms with Crippen LogP contribution in [0.3, 0.4) is 0 Å². The van der Waals surface area contributed by atoms with E-state index in [1.807, 2.05) is 0 Å². The summed E-state index contributed by atoms with van der Waals surface area (Å²) < 4.78 is 26.1. The van der Waals surface area contributed by atoms with Crippen molar-refractivity contribution in [3.8, 4) is 0 Å². The van der Waals surface area contributed by atoms with Gasteiger partial charge >= 0.3 is 0 Å². The largest absolute Gasteiger partial charge is 0.335 e. The molecule has 102 valence electrons. The lowest BCUT2D eigenvalue weighted by Crippen LogP contribution is -2.46. The molecule has 2 saturated heterocycles. The third-order valence-corrected chi connectivity index (χ3v) is 5.50. The van der Waals surface area contributed by atoms with Crippen LogP contribution in [0.2, 0.25) is 0 Å². The van der Waals surface area contributed by atoms with Crippen molar-refractivity contribution in [1.29, 1.82) is 0 Å². The molecule has 18 heavy (non-hydrogen) atoms. The van der Waals surface area contributed by atoms with E-state index in [4.69, 9.17) is 0 Å². The zero-order valence-corrected chi connectivity index (χ0v) is 11.5. The maximum absolute atomic E-state index is 12.3. The van der Waals surface area contributed by atoms with Gasteiger partial charge in [0.15, 0.2) is 5.03 Å². The molecule has 8 heteroatoms. The van der Waals surface area contributed by atoms with Crippen molar-refractivity contribution < 1.29 is 8.42 Å². The molecule has 2 unspecified atom stereocenters. The zero-order valence-electron chi connectivity index (χ0n) is 9.87. The molecule has 2 fully saturated rings. The molecular formula is C10H17ClN4O2S. The van der Waals surface area contributed by atoms with Crippen LogP contribution in [0.15, 0.2) is 17.6 Å². The average Bonchev–Trinajstić information content (AvgIpc) is 2.99. The van der Waals surface area contributed by atoms with Crippen LogP contribution in [0.1, 0.15) is 12.8 Å². The van der Waals surface area contributed by atoms with Gasteiger partial charge in [0, 0.05) is 19.1 Å². The van der Waals surface area contributed by atoms with E-state index < -0.39 is 10.0 Å². The number of imidazole rings is 1. The first-order valence-corrected chi connectivity index (χ1v) is 7.34. The Morgan fingerprint density at radius 2 is 2.22 bits per heavy atom. The van der Waals surface area contributed by atoms with Crippen LogP contribution in [0.4, 0.5) is 0 Å². The van der Waals surface area contributed by atoms with Crippen LogP contribution in [-0.2, 0) is 10.0 Å². The third-order valence-electron chi connectivity index (χ3n) is 3.71. The Labute approximate surface area is 113 Å². The number of H-pyrrole nitrogens is 1. The van der Waals surface area contributed by atoms with E-state index in [1.165, 1.54) is 12.5 Å². The summed E-state index contributed by atoms with van der Waals surface area (Å²) in [4.78, 5) is 6.45. The number of hydrogen-bond acceptors (Lipinski definition) is 4. The highest BCUT2D eigenvalue weighted by Crippen LogP contribution is 2.27. The number of hydrogen-bond donors (Lipinski definition) is 2. The molecule has 2 aliphatic heterocycles. The number of aromatic amines is 1. The van der Waals surface area contributed by atoms with E-state index in [9.17, 15) is 8.42 Å². The van der Waals surface area contributed by atoms with E-state index in [1.54, 1.807) is 4.31 Å². The summed E-state index contributed by atoms with van der Waals surface area (Å²) >= 11 is 0. The van der Waals surface area contributed by atoms with Gasteiger partial charge < -0.3 is 10.3 Å². The Balaban J connectivity index is 0.00000120. The van der Waals surface area contributed by atoms with Gasteiger partial charge in [0.1, 0.15) is 0 Å². The van der Waals surface area contributed by atoms with E-state index in [0.717, 1.165) is 19.4 Å². The molecule has 0 spiro atoms. The summed E-state index contributed by atoms with van der Waals surface area (Å²) in [5.74, 6) is 0.460. The number of piperidine rings is 1. The van der Waals surface area contributed by atoms with Crippen LogP contribution < -0.4 is 5.32 Å². The lowest BCUT2D eigenvalue weighted by molar-refractivity contribution is 0.246. The summed E-state index contributed by atoms with van der Waals surface area (Å²) in [7, 11) is -3.37. The zero-order chi connectivity index (χ0) is 11.9. The fourth-order valence-corrected chi connectivity index (χ4v) is 4.16. The number of halogens is 1. The van der Waals surface area contributed by atoms with Gasteiger partial charge in [-0.3, -0.25) is 0 Å². The minimum absolute atomic E-state index is 0. The Bertz CT molecular complexity index is 490. The molecule has 0 saturated carbocycles. The predicted molar refractivity (Wildman–Crippen MR) is 69.1 cm³/mol. The maximum atomic E-state index is 12.3. The molecule has 2 atom stereocenters. The van der Waals surface area contributed by atoms with E-state index in [2.05, 4.69) is 15.3 Å². The molecule has 0 aromatic carbocycles. The van der Waals surface area contributed by atoms with Crippen molar-refractivity contribution in [2.24, 2.45) is 5.92 Å². The van der Waals surface area contributed by atoms with Gasteiger partial charge in [0.05, 0.1) is 12.5 Å². The lowest BCUT2D eigenvalue weighted by atomic mass is 9.95. The van der Waals surface area contributed by atoms with Crippen molar-refractivity contribution in [2.45, 2.75) is 23.9 Å². The summed E-state index contributed by atoms with van der Waals surface area (Å²) in [5, 5.41) is 3.62. The van der Waals surface area contributed by atoms with Crippen LogP contribution in [0, 0.1) is 5.92 Å². The van der Waals surface area contributed by atoms with Crippen LogP contribution in [0.25, 0.3) is 0 Å². The van der Waals surface area contributed by atoms with Crippen molar-refractivity contribution in [3.05, 3.63) is 12.5 Å². The molecule has 1 aromatic rings. The first-order valence-electron chi connectivity index (χ1n) is 5.90. The second kappa shape index (κ2) is 5.16. The number of fused-ring (bicyclic) bond motifs is 1. The Morgan fingerprint density at radius 1 is 1.39 bits per heavy atom. The standard InChI is InChI=1S/C10H16N4O2S.ClH/c15-17(16,10-5-11-7-13-10)14-4-2-9-8(6-14)1-3-12-9;/h5,7-9,12H,1-4,6H2,(H,11,13);1H. The molecule has 2 aliphatic rings. The average molecular weight is 293 g/mol. The summed E-state index contributed by atoms with van der Waals surface area (Å²) in [5.41, 5.74) is 0. The van der Waals surface area contributed by atoms with Gasteiger partial charge in [0.25, 0.3) is 10.0 Å². The minimum atomic E-state index is -3.37. The maximum Gasteiger partial charge on any atom is 0.260 e. The molecule has 0 aliphatic carbocycles. The van der Waals surface area contributed by atoms with Crippen LogP contribution in [-0.4, -0.2) is 48.4 Å². The summed E-state index contributed by atoms with van der Waals surface area (Å²) in [6, 6.07) is 0.503. The predicted octanol–water partition coefficient (Wildman–Crippen LogP) is 0.204. The highest BCUT2D eigenvalue weighted by molar-refractivity contribution is 7.89. The highest BCUT2D eigenvalue weighted by Gasteiger charge is 2.37. The fraction of sp³-hybridized carbons (Fsp3) is 0.700. The third kappa shape index (κ3) is 2.27. The van der Waals surface area contributed by atoms with Gasteiger partial charge in [-0.05, 0) is 25.3 Å². The van der Waals surface area contributed by atoms with Gasteiger partial charge in [-0.25, -0.2) is 13.4 Å². The molecule has 3 rings (SSSR count). The van der Waals surface area contributed by atoms with Crippen molar-refractivity contribution in [3.63, 3.8) is 0 Å². The number of sulfonamides is 1. The summed E-state index contributed by atoms with van der Waals surface area (Å²) in [6.45, 7) is 2.22. The quantitative estimate of drug-likeness (QED) is 0.816. The smallest absolute Gasteiger partial charge is 0.260 e. The summed E-state index contributed by atoms with van der Waals surface area (Å²) in [6.07, 6.45) is 4.74. The SMILES string of the molecule is Cl.O=S(=O)(c1cnc[nH]1)N1CCC2NCCC2C1. The molecule has 0 bridgehead atoms. The number of nitrogens with zero attached hydrogens (tertiary/aromatic N) is 2. The molecule has 1 aromatic heterocycles. The van der Waals surface area contributed by atoms with Crippen LogP contribution >= 0.6 is 12.4 Å². The van der Waals surface area contributed by atoms with Crippen molar-refractivity contribution in [2.75, 3.05) is 19.6 Å². The first kappa shape index (κ1) is 13.8. The normalized spacial score (nSPS) is 28.7. The molecule has 2 N–H and O–H groups in total. The van der Waals surface area contributed by atoms with Gasteiger partial charge in [-0.2, -0.15) is 4.31 Å². The Kier molecular flexibility index (Phi) is 3.96. The first-order chi connectivity index (χ1) is 8.18. The number of rotatable bonds is 2. The Hall–Kier alpha value is -0.630. The van der Waals surface area contributed by atoms with Gasteiger partial charge in [-0.15, -0.1) is 12.4 Å². The van der Waals surface area contributed by atoms with Gasteiger partial charge in [0.2, 0.25) is 0 Å². The number of aromatic nitrogens is 2. The second-order valence-corrected chi connectivity index (χ2v) is 6.58. The van der Waals surface area contributed by atoms with Gasteiger partial charge in [-0.1, -0.05) is 0 Å². The van der Waals surface area contributed by atoms with Crippen LogP contribution in [0.5, 0.6) is 0 Å². The monoisotopic (exact) mass is 292 g/mol. The minimum Gasteiger partial charge on any atom is -0.335 e. The molecule has 6 nitrogen and oxygen atoms in total. The van der Waals surface area contributed by atoms with Crippen molar-refractivity contribution >= 4 is 22.4 Å². The van der Waals surface area contributed by atoms with E-state index in [0.29, 0.717) is 25.0 Å². The molecule has 3 heterocycles. The Morgan fingerprint density at radius 3 is 2.94 bits per heavy atom. The lowest BCUT2D eigenvalue weighted by Gasteiger charge is -2.33. The highest BCUT2D eigenvalue weighted by atomic mass is 35.5. The van der Waals surface area contributed by atoms with Crippen molar-refractivity contribution in [1.82, 2.24) is 19.6 Å². The fourth-order valence-electron chi connectivity index (χ4n) is 2.76. The second-order valence-electron chi connectivity index (χ2n) is 4.68. The molecule has 0 radical (unpaired) electrons. The number of nitrogens with one attached hydrogen (secondary N) is 2. The van der Waals surface area contributed by atoms with E-state index in [-0.39, 0.29) is 17.4 Å². The molecule has 0 amide bonds. The molecular weight excluding hydrogens is 276 g/mol. The topological polar surface area (TPSA) is 78.1 Å². The van der Waals surface area contributed by atoms with E-state index >= 15 is 0 Å².